The molecule has 0 aliphatic rings. The summed E-state index contributed by atoms with van der Waals surface area (Å²) in [5.74, 6) is -0.459. The summed E-state index contributed by atoms with van der Waals surface area (Å²) in [4.78, 5) is 11.9. The van der Waals surface area contributed by atoms with Crippen LogP contribution in [0.15, 0.2) is 47.4 Å². The van der Waals surface area contributed by atoms with Crippen molar-refractivity contribution in [2.24, 2.45) is 0 Å². The minimum Gasteiger partial charge on any atom is -0.337 e. The van der Waals surface area contributed by atoms with Crippen molar-refractivity contribution in [3.8, 4) is 0 Å². The molecule has 0 unspecified atom stereocenters. The van der Waals surface area contributed by atoms with Gasteiger partial charge in [-0.05, 0) is 49.2 Å². The molecule has 0 spiro atoms. The molecule has 0 atom stereocenters. The number of rotatable bonds is 6. The van der Waals surface area contributed by atoms with Crippen LogP contribution in [0.25, 0.3) is 0 Å². The Morgan fingerprint density at radius 3 is 2.56 bits per heavy atom. The van der Waals surface area contributed by atoms with Crippen molar-refractivity contribution >= 4 is 21.7 Å². The van der Waals surface area contributed by atoms with Gasteiger partial charge in [-0.15, -0.1) is 0 Å². The van der Waals surface area contributed by atoms with Crippen molar-refractivity contribution in [2.45, 2.75) is 18.7 Å². The van der Waals surface area contributed by atoms with Gasteiger partial charge in [0.25, 0.3) is 0 Å². The summed E-state index contributed by atoms with van der Waals surface area (Å²) in [6.45, 7) is 3.66. The lowest BCUT2D eigenvalue weighted by Gasteiger charge is -2.11. The van der Waals surface area contributed by atoms with Gasteiger partial charge in [0.15, 0.2) is 0 Å². The Labute approximate surface area is 146 Å². The van der Waals surface area contributed by atoms with Gasteiger partial charge < -0.3 is 10.6 Å². The number of anilines is 1. The zero-order chi connectivity index (χ0) is 18.4. The summed E-state index contributed by atoms with van der Waals surface area (Å²) < 4.78 is 40.1. The molecule has 0 bridgehead atoms. The van der Waals surface area contributed by atoms with Crippen molar-refractivity contribution in [2.75, 3.05) is 18.4 Å². The highest BCUT2D eigenvalue weighted by Crippen LogP contribution is 2.16. The Bertz CT molecular complexity index is 869. The normalized spacial score (nSPS) is 11.2. The van der Waals surface area contributed by atoms with Gasteiger partial charge >= 0.3 is 6.03 Å². The number of halogens is 1. The lowest BCUT2D eigenvalue weighted by Crippen LogP contribution is -2.37. The van der Waals surface area contributed by atoms with Crippen molar-refractivity contribution in [3.05, 3.63) is 59.4 Å². The molecule has 0 fully saturated rings. The zero-order valence-corrected chi connectivity index (χ0v) is 14.8. The second-order valence-corrected chi connectivity index (χ2v) is 7.29. The molecule has 25 heavy (non-hydrogen) atoms. The molecule has 2 rings (SSSR count). The minimum atomic E-state index is -3.65. The van der Waals surface area contributed by atoms with E-state index in [0.717, 1.165) is 5.56 Å². The molecule has 0 saturated heterocycles. The number of hydrogen-bond donors (Lipinski definition) is 3. The van der Waals surface area contributed by atoms with Crippen LogP contribution < -0.4 is 15.4 Å². The predicted molar refractivity (Wildman–Crippen MR) is 94.5 cm³/mol. The fourth-order valence-corrected chi connectivity index (χ4v) is 3.54. The molecule has 6 nitrogen and oxygen atoms in total. The molecule has 0 aliphatic carbocycles. The van der Waals surface area contributed by atoms with Crippen molar-refractivity contribution in [1.29, 1.82) is 0 Å². The molecule has 134 valence electrons. The molecule has 3 N–H and O–H groups in total. The molecule has 2 aromatic carbocycles. The van der Waals surface area contributed by atoms with Gasteiger partial charge in [0.05, 0.1) is 4.90 Å². The summed E-state index contributed by atoms with van der Waals surface area (Å²) in [5.41, 5.74) is 1.81. The maximum Gasteiger partial charge on any atom is 0.319 e. The quantitative estimate of drug-likeness (QED) is 0.688. The number of urea groups is 1. The highest BCUT2D eigenvalue weighted by molar-refractivity contribution is 7.89. The smallest absolute Gasteiger partial charge is 0.319 e. The molecule has 0 aromatic heterocycles. The largest absolute Gasteiger partial charge is 0.337 e. The topological polar surface area (TPSA) is 87.3 Å². The average molecular weight is 365 g/mol. The van der Waals surface area contributed by atoms with Crippen molar-refractivity contribution < 1.29 is 17.6 Å². The van der Waals surface area contributed by atoms with Crippen molar-refractivity contribution in [3.63, 3.8) is 0 Å². The van der Waals surface area contributed by atoms with Gasteiger partial charge in [-0.1, -0.05) is 18.2 Å². The Morgan fingerprint density at radius 2 is 1.84 bits per heavy atom. The monoisotopic (exact) mass is 365 g/mol. The lowest BCUT2D eigenvalue weighted by molar-refractivity contribution is 0.252. The molecule has 2 amide bonds. The molecule has 0 radical (unpaired) electrons. The predicted octanol–water partition coefficient (Wildman–Crippen LogP) is 2.54. The number of hydrogen-bond acceptors (Lipinski definition) is 3. The second-order valence-electron chi connectivity index (χ2n) is 5.56. The number of amides is 2. The van der Waals surface area contributed by atoms with E-state index < -0.39 is 21.9 Å². The molecular weight excluding hydrogens is 345 g/mol. The number of carbonyl (C=O) groups is 1. The maximum atomic E-state index is 13.0. The Morgan fingerprint density at radius 1 is 1.08 bits per heavy atom. The highest BCUT2D eigenvalue weighted by atomic mass is 32.2. The third kappa shape index (κ3) is 5.54. The SMILES string of the molecule is Cc1ccc(C)c(S(=O)(=O)NCCNC(=O)Nc2cccc(F)c2)c1. The second kappa shape index (κ2) is 8.09. The van der Waals surface area contributed by atoms with E-state index in [1.807, 2.05) is 13.0 Å². The summed E-state index contributed by atoms with van der Waals surface area (Å²) in [7, 11) is -3.65. The Kier molecular flexibility index (Phi) is 6.11. The number of sulfonamides is 1. The van der Waals surface area contributed by atoms with Crippen LogP contribution in [0.5, 0.6) is 0 Å². The number of aryl methyl sites for hydroxylation is 2. The molecule has 2 aromatic rings. The molecular formula is C17H20FN3O3S. The maximum absolute atomic E-state index is 13.0. The summed E-state index contributed by atoms with van der Waals surface area (Å²) in [5, 5.41) is 4.96. The van der Waals surface area contributed by atoms with Crippen LogP contribution >= 0.6 is 0 Å². The first-order valence-electron chi connectivity index (χ1n) is 7.65. The van der Waals surface area contributed by atoms with E-state index >= 15 is 0 Å². The molecule has 0 aliphatic heterocycles. The molecule has 0 saturated carbocycles. The average Bonchev–Trinajstić information content (AvgIpc) is 2.54. The van der Waals surface area contributed by atoms with Crippen LogP contribution in [0.3, 0.4) is 0 Å². The van der Waals surface area contributed by atoms with E-state index in [2.05, 4.69) is 15.4 Å². The van der Waals surface area contributed by atoms with Crippen LogP contribution in [0.4, 0.5) is 14.9 Å². The highest BCUT2D eigenvalue weighted by Gasteiger charge is 2.16. The standard InChI is InChI=1S/C17H20FN3O3S/c1-12-6-7-13(2)16(10-12)25(23,24)20-9-8-19-17(22)21-15-5-3-4-14(18)11-15/h3-7,10-11,20H,8-9H2,1-2H3,(H2,19,21,22). The number of benzene rings is 2. The number of nitrogens with one attached hydrogen (secondary N) is 3. The van der Waals surface area contributed by atoms with E-state index in [1.165, 1.54) is 18.2 Å². The Hall–Kier alpha value is -2.45. The van der Waals surface area contributed by atoms with Gasteiger partial charge in [-0.2, -0.15) is 0 Å². The third-order valence-corrected chi connectivity index (χ3v) is 5.02. The van der Waals surface area contributed by atoms with Crippen LogP contribution in [0.2, 0.25) is 0 Å². The first-order chi connectivity index (χ1) is 11.8. The van der Waals surface area contributed by atoms with Crippen LogP contribution in [0.1, 0.15) is 11.1 Å². The summed E-state index contributed by atoms with van der Waals surface area (Å²) >= 11 is 0. The van der Waals surface area contributed by atoms with Crippen molar-refractivity contribution in [1.82, 2.24) is 10.0 Å². The fourth-order valence-electron chi connectivity index (χ4n) is 2.18. The first-order valence-corrected chi connectivity index (χ1v) is 9.13. The minimum absolute atomic E-state index is 0.0340. The fraction of sp³-hybridized carbons (Fsp3) is 0.235. The van der Waals surface area contributed by atoms with Crippen LogP contribution in [-0.4, -0.2) is 27.5 Å². The summed E-state index contributed by atoms with van der Waals surface area (Å²) in [6, 6.07) is 10.1. The van der Waals surface area contributed by atoms with Gasteiger partial charge in [-0.25, -0.2) is 22.3 Å². The van der Waals surface area contributed by atoms with Gasteiger partial charge in [0.2, 0.25) is 10.0 Å². The lowest BCUT2D eigenvalue weighted by atomic mass is 10.2. The third-order valence-electron chi connectivity index (χ3n) is 3.42. The van der Waals surface area contributed by atoms with Crippen LogP contribution in [0, 0.1) is 19.7 Å². The van der Waals surface area contributed by atoms with Gasteiger partial charge in [-0.3, -0.25) is 0 Å². The van der Waals surface area contributed by atoms with E-state index in [0.29, 0.717) is 11.3 Å². The number of carbonyl (C=O) groups excluding carboxylic acids is 1. The van der Waals surface area contributed by atoms with Gasteiger partial charge in [0, 0.05) is 18.8 Å². The first kappa shape index (κ1) is 18.9. The van der Waals surface area contributed by atoms with E-state index in [4.69, 9.17) is 0 Å². The van der Waals surface area contributed by atoms with E-state index in [9.17, 15) is 17.6 Å². The van der Waals surface area contributed by atoms with Gasteiger partial charge in [0.1, 0.15) is 5.82 Å². The van der Waals surface area contributed by atoms with Crippen LogP contribution in [-0.2, 0) is 10.0 Å². The molecule has 8 heteroatoms. The summed E-state index contributed by atoms with van der Waals surface area (Å²) in [6.07, 6.45) is 0. The van der Waals surface area contributed by atoms with E-state index in [-0.39, 0.29) is 18.0 Å². The Balaban J connectivity index is 1.84. The molecule has 0 heterocycles. The van der Waals surface area contributed by atoms with E-state index in [1.54, 1.807) is 25.1 Å². The zero-order valence-electron chi connectivity index (χ0n) is 14.0.